The highest BCUT2D eigenvalue weighted by Crippen LogP contribution is 2.23. The van der Waals surface area contributed by atoms with Crippen molar-refractivity contribution in [3.8, 4) is 0 Å². The first kappa shape index (κ1) is 26.4. The maximum Gasteiger partial charge on any atom is 0.101 e. The fourth-order valence-electron chi connectivity index (χ4n) is 4.57. The number of hydrogen-bond acceptors (Lipinski definition) is 2. The number of nitrogens with zero attached hydrogens (tertiary/aromatic N) is 2. The molecule has 1 aliphatic heterocycles. The van der Waals surface area contributed by atoms with Crippen molar-refractivity contribution in [2.45, 2.75) is 149 Å². The van der Waals surface area contributed by atoms with Gasteiger partial charge in [0.15, 0.2) is 0 Å². The molecular weight excluding hydrogens is 352 g/mol. The molecule has 0 fully saturated rings. The molecule has 0 saturated heterocycles. The highest BCUT2D eigenvalue weighted by molar-refractivity contribution is 4.96. The summed E-state index contributed by atoms with van der Waals surface area (Å²) in [5.74, 6) is 0. The van der Waals surface area contributed by atoms with E-state index in [1.807, 2.05) is 0 Å². The van der Waals surface area contributed by atoms with Crippen molar-refractivity contribution in [2.75, 3.05) is 13.1 Å². The van der Waals surface area contributed by atoms with Gasteiger partial charge in [0.25, 0.3) is 0 Å². The van der Waals surface area contributed by atoms with E-state index in [0.29, 0.717) is 6.17 Å². The van der Waals surface area contributed by atoms with Crippen LogP contribution >= 0.6 is 0 Å². The van der Waals surface area contributed by atoms with Crippen molar-refractivity contribution >= 4 is 0 Å². The van der Waals surface area contributed by atoms with Crippen LogP contribution in [0.4, 0.5) is 0 Å². The maximum atomic E-state index is 2.65. The quantitative estimate of drug-likeness (QED) is 0.176. The van der Waals surface area contributed by atoms with Crippen molar-refractivity contribution in [1.29, 1.82) is 0 Å². The molecule has 1 atom stereocenters. The summed E-state index contributed by atoms with van der Waals surface area (Å²) in [7, 11) is 0. The van der Waals surface area contributed by atoms with Crippen molar-refractivity contribution in [3.63, 3.8) is 0 Å². The summed E-state index contributed by atoms with van der Waals surface area (Å²) >= 11 is 0. The molecular formula is C27H54N2. The van der Waals surface area contributed by atoms with Crippen LogP contribution in [0.25, 0.3) is 0 Å². The Morgan fingerprint density at radius 3 is 1.31 bits per heavy atom. The molecule has 1 heterocycles. The average Bonchev–Trinajstić information content (AvgIpc) is 3.12. The highest BCUT2D eigenvalue weighted by Gasteiger charge is 2.24. The molecule has 2 heteroatoms. The van der Waals surface area contributed by atoms with Gasteiger partial charge in [0.05, 0.1) is 0 Å². The maximum absolute atomic E-state index is 2.65. The summed E-state index contributed by atoms with van der Waals surface area (Å²) in [4.78, 5) is 5.28. The SMILES string of the molecule is CCCCCCCCCCCCCC1N(CCCC)C=CN1CCCCCCC. The van der Waals surface area contributed by atoms with E-state index < -0.39 is 0 Å². The zero-order valence-electron chi connectivity index (χ0n) is 20.5. The second-order valence-corrected chi connectivity index (χ2v) is 9.35. The van der Waals surface area contributed by atoms with Gasteiger partial charge in [0.1, 0.15) is 6.17 Å². The third kappa shape index (κ3) is 13.3. The summed E-state index contributed by atoms with van der Waals surface area (Å²) in [6.45, 7) is 9.41. The Labute approximate surface area is 184 Å². The van der Waals surface area contributed by atoms with E-state index in [1.165, 1.54) is 135 Å². The lowest BCUT2D eigenvalue weighted by atomic mass is 10.0. The second kappa shape index (κ2) is 19.3. The van der Waals surface area contributed by atoms with Gasteiger partial charge in [-0.2, -0.15) is 0 Å². The molecule has 0 amide bonds. The van der Waals surface area contributed by atoms with Crippen LogP contribution in [0.2, 0.25) is 0 Å². The molecule has 1 rings (SSSR count). The lowest BCUT2D eigenvalue weighted by Crippen LogP contribution is -2.39. The van der Waals surface area contributed by atoms with E-state index in [0.717, 1.165) is 0 Å². The first-order valence-corrected chi connectivity index (χ1v) is 13.5. The molecule has 0 radical (unpaired) electrons. The predicted molar refractivity (Wildman–Crippen MR) is 131 cm³/mol. The van der Waals surface area contributed by atoms with Crippen molar-refractivity contribution < 1.29 is 0 Å². The third-order valence-electron chi connectivity index (χ3n) is 6.57. The highest BCUT2D eigenvalue weighted by atomic mass is 15.4. The van der Waals surface area contributed by atoms with Crippen LogP contribution in [-0.4, -0.2) is 29.1 Å². The summed E-state index contributed by atoms with van der Waals surface area (Å²) < 4.78 is 0. The summed E-state index contributed by atoms with van der Waals surface area (Å²) in [6.07, 6.45) is 32.1. The lowest BCUT2D eigenvalue weighted by Gasteiger charge is -2.33. The Bertz CT molecular complexity index is 366. The molecule has 0 saturated carbocycles. The molecule has 0 aliphatic carbocycles. The van der Waals surface area contributed by atoms with Crippen LogP contribution in [0.3, 0.4) is 0 Å². The van der Waals surface area contributed by atoms with Gasteiger partial charge in [0, 0.05) is 25.5 Å². The molecule has 2 nitrogen and oxygen atoms in total. The predicted octanol–water partition coefficient (Wildman–Crippen LogP) is 8.87. The summed E-state index contributed by atoms with van der Waals surface area (Å²) in [6, 6.07) is 0. The molecule has 0 aromatic carbocycles. The minimum absolute atomic E-state index is 0.645. The molecule has 0 aromatic heterocycles. The summed E-state index contributed by atoms with van der Waals surface area (Å²) in [5, 5.41) is 0. The van der Waals surface area contributed by atoms with Gasteiger partial charge in [-0.15, -0.1) is 0 Å². The number of rotatable bonds is 21. The van der Waals surface area contributed by atoms with E-state index in [1.54, 1.807) is 0 Å². The normalized spacial score (nSPS) is 16.3. The van der Waals surface area contributed by atoms with E-state index >= 15 is 0 Å². The summed E-state index contributed by atoms with van der Waals surface area (Å²) in [5.41, 5.74) is 0. The minimum Gasteiger partial charge on any atom is -0.356 e. The number of unbranched alkanes of at least 4 members (excludes halogenated alkanes) is 15. The fourth-order valence-corrected chi connectivity index (χ4v) is 4.57. The van der Waals surface area contributed by atoms with E-state index in [4.69, 9.17) is 0 Å². The zero-order chi connectivity index (χ0) is 21.0. The van der Waals surface area contributed by atoms with Crippen molar-refractivity contribution in [2.24, 2.45) is 0 Å². The van der Waals surface area contributed by atoms with E-state index in [9.17, 15) is 0 Å². The van der Waals surface area contributed by atoms with Crippen molar-refractivity contribution in [3.05, 3.63) is 12.4 Å². The van der Waals surface area contributed by atoms with Gasteiger partial charge in [-0.25, -0.2) is 0 Å². The van der Waals surface area contributed by atoms with Gasteiger partial charge < -0.3 is 9.80 Å². The van der Waals surface area contributed by atoms with Gasteiger partial charge in [-0.05, 0) is 25.7 Å². The van der Waals surface area contributed by atoms with Crippen LogP contribution in [0.1, 0.15) is 143 Å². The molecule has 0 bridgehead atoms. The molecule has 1 unspecified atom stereocenters. The van der Waals surface area contributed by atoms with Crippen LogP contribution < -0.4 is 0 Å². The third-order valence-corrected chi connectivity index (χ3v) is 6.57. The van der Waals surface area contributed by atoms with Crippen LogP contribution in [0.5, 0.6) is 0 Å². The van der Waals surface area contributed by atoms with Gasteiger partial charge >= 0.3 is 0 Å². The molecule has 0 N–H and O–H groups in total. The lowest BCUT2D eigenvalue weighted by molar-refractivity contribution is 0.136. The standard InChI is InChI=1S/C27H54N2/c1-4-7-10-12-13-14-15-16-17-18-20-22-27-28(23-9-6-3)25-26-29(27)24-21-19-11-8-5-2/h25-27H,4-24H2,1-3H3. The van der Waals surface area contributed by atoms with Crippen LogP contribution in [-0.2, 0) is 0 Å². The Morgan fingerprint density at radius 1 is 0.448 bits per heavy atom. The first-order valence-electron chi connectivity index (χ1n) is 13.5. The Balaban J connectivity index is 2.15. The first-order chi connectivity index (χ1) is 14.3. The largest absolute Gasteiger partial charge is 0.356 e. The molecule has 1 aliphatic rings. The van der Waals surface area contributed by atoms with Gasteiger partial charge in [-0.1, -0.05) is 117 Å². The molecule has 0 spiro atoms. The van der Waals surface area contributed by atoms with Crippen molar-refractivity contribution in [1.82, 2.24) is 9.80 Å². The Hall–Kier alpha value is -0.660. The molecule has 29 heavy (non-hydrogen) atoms. The Morgan fingerprint density at radius 2 is 0.828 bits per heavy atom. The Kier molecular flexibility index (Phi) is 17.6. The average molecular weight is 407 g/mol. The van der Waals surface area contributed by atoms with Gasteiger partial charge in [0.2, 0.25) is 0 Å². The monoisotopic (exact) mass is 406 g/mol. The van der Waals surface area contributed by atoms with Crippen LogP contribution in [0, 0.1) is 0 Å². The second-order valence-electron chi connectivity index (χ2n) is 9.35. The van der Waals surface area contributed by atoms with Crippen LogP contribution in [0.15, 0.2) is 12.4 Å². The minimum atomic E-state index is 0.645. The number of hydrogen-bond donors (Lipinski definition) is 0. The fraction of sp³-hybridized carbons (Fsp3) is 0.926. The van der Waals surface area contributed by atoms with E-state index in [-0.39, 0.29) is 0 Å². The van der Waals surface area contributed by atoms with Gasteiger partial charge in [-0.3, -0.25) is 0 Å². The smallest absolute Gasteiger partial charge is 0.101 e. The van der Waals surface area contributed by atoms with E-state index in [2.05, 4.69) is 43.0 Å². The molecule has 0 aromatic rings. The zero-order valence-corrected chi connectivity index (χ0v) is 20.5. The molecule has 172 valence electrons. The topological polar surface area (TPSA) is 6.48 Å².